The molecule has 1 aliphatic rings. The van der Waals surface area contributed by atoms with Gasteiger partial charge < -0.3 is 14.7 Å². The van der Waals surface area contributed by atoms with Crippen molar-refractivity contribution >= 4 is 39.8 Å². The zero-order valence-corrected chi connectivity index (χ0v) is 22.6. The largest absolute Gasteiger partial charge is 0.480 e. The lowest BCUT2D eigenvalue weighted by Gasteiger charge is -2.31. The number of nitrogens with one attached hydrogen (secondary N) is 1. The topological polar surface area (TPSA) is 133 Å². The number of amides is 2. The van der Waals surface area contributed by atoms with Gasteiger partial charge in [0.15, 0.2) is 11.6 Å². The van der Waals surface area contributed by atoms with Crippen molar-refractivity contribution in [3.05, 3.63) is 59.7 Å². The van der Waals surface area contributed by atoms with Gasteiger partial charge in [0.05, 0.1) is 4.90 Å². The molecule has 2 aromatic carbocycles. The van der Waals surface area contributed by atoms with E-state index >= 15 is 0 Å². The Kier molecular flexibility index (Phi) is 8.68. The molecule has 2 atom stereocenters. The third-order valence-corrected chi connectivity index (χ3v) is 8.86. The van der Waals surface area contributed by atoms with Crippen LogP contribution in [0, 0.1) is 11.6 Å². The summed E-state index contributed by atoms with van der Waals surface area (Å²) in [5.41, 5.74) is -0.503. The molecule has 14 heteroatoms. The summed E-state index contributed by atoms with van der Waals surface area (Å²) in [7, 11) is -1.98. The number of rotatable bonds is 8. The number of ether oxygens (including phenoxy) is 1. The fraction of sp³-hybridized carbons (Fsp3) is 0.375. The Bertz CT molecular complexity index is 1340. The van der Waals surface area contributed by atoms with Gasteiger partial charge >= 0.3 is 12.1 Å². The van der Waals surface area contributed by atoms with Gasteiger partial charge in [-0.1, -0.05) is 6.07 Å². The van der Waals surface area contributed by atoms with Crippen LogP contribution in [0.5, 0.6) is 5.75 Å². The Labute approximate surface area is 223 Å². The molecule has 2 amide bonds. The molecule has 0 unspecified atom stereocenters. The minimum absolute atomic E-state index is 0.0269. The van der Waals surface area contributed by atoms with Crippen molar-refractivity contribution in [2.24, 2.45) is 0 Å². The van der Waals surface area contributed by atoms with Gasteiger partial charge in [-0.25, -0.2) is 31.1 Å². The highest BCUT2D eigenvalue weighted by Gasteiger charge is 2.46. The van der Waals surface area contributed by atoms with E-state index < -0.39 is 73.6 Å². The van der Waals surface area contributed by atoms with Crippen LogP contribution in [0.4, 0.5) is 13.6 Å². The third kappa shape index (κ3) is 6.60. The predicted octanol–water partition coefficient (Wildman–Crippen LogP) is 2.68. The number of sulfonamides is 1. The number of nitrogens with zero attached hydrogens (tertiary/aromatic N) is 2. The van der Waals surface area contributed by atoms with Gasteiger partial charge in [0.25, 0.3) is 15.9 Å². The molecule has 0 radical (unpaired) electrons. The van der Waals surface area contributed by atoms with Crippen molar-refractivity contribution in [1.29, 1.82) is 0 Å². The third-order valence-electron chi connectivity index (χ3n) is 5.50. The Morgan fingerprint density at radius 2 is 1.79 bits per heavy atom. The van der Waals surface area contributed by atoms with Crippen LogP contribution in [-0.2, 0) is 26.0 Å². The van der Waals surface area contributed by atoms with E-state index in [0.717, 1.165) is 53.1 Å². The van der Waals surface area contributed by atoms with Crippen LogP contribution in [0.2, 0.25) is 0 Å². The second-order valence-electron chi connectivity index (χ2n) is 9.40. The Morgan fingerprint density at radius 1 is 1.16 bits per heavy atom. The first kappa shape index (κ1) is 29.3. The molecule has 38 heavy (non-hydrogen) atoms. The quantitative estimate of drug-likeness (QED) is 0.491. The average molecular weight is 572 g/mol. The molecule has 10 nitrogen and oxygen atoms in total. The predicted molar refractivity (Wildman–Crippen MR) is 135 cm³/mol. The van der Waals surface area contributed by atoms with Crippen molar-refractivity contribution < 1.29 is 41.4 Å². The SMILES string of the molecule is CN(C)C(=O)Oc1ccc(C[C@@H](C(=O)O)N(C(=O)[C@H]2NC(C)(C)CS2)S(=O)(=O)c2ccc(F)cc2)cc1F. The smallest absolute Gasteiger partial charge is 0.414 e. The first-order chi connectivity index (χ1) is 17.6. The second kappa shape index (κ2) is 11.3. The standard InChI is InChI=1S/C24H27F2N3O7S2/c1-24(2)13-37-20(27-24)21(30)29(38(34,35)16-8-6-15(25)7-9-16)18(22(31)32)12-14-5-10-19(17(26)11-14)36-23(33)28(3)4/h5-11,18,20,27H,12-13H2,1-4H3,(H,31,32)/t18-,20-/m0/s1. The molecular formula is C24H27F2N3O7S2. The molecule has 0 bridgehead atoms. The summed E-state index contributed by atoms with van der Waals surface area (Å²) in [6.07, 6.45) is -1.44. The van der Waals surface area contributed by atoms with Crippen LogP contribution in [0.3, 0.4) is 0 Å². The summed E-state index contributed by atoms with van der Waals surface area (Å²) in [5.74, 6) is -4.37. The van der Waals surface area contributed by atoms with Crippen LogP contribution in [0.25, 0.3) is 0 Å². The van der Waals surface area contributed by atoms with Gasteiger partial charge in [-0.3, -0.25) is 10.1 Å². The maximum absolute atomic E-state index is 14.7. The number of carboxylic acid groups (broad SMARTS) is 1. The molecule has 206 valence electrons. The highest BCUT2D eigenvalue weighted by molar-refractivity contribution is 8.01. The summed E-state index contributed by atoms with van der Waals surface area (Å²) in [5, 5.41) is 12.0. The minimum atomic E-state index is -4.79. The number of hydrogen-bond donors (Lipinski definition) is 2. The molecule has 0 aromatic heterocycles. The fourth-order valence-corrected chi connectivity index (χ4v) is 6.51. The van der Waals surface area contributed by atoms with Crippen LogP contribution < -0.4 is 10.1 Å². The molecule has 1 aliphatic heterocycles. The van der Waals surface area contributed by atoms with E-state index in [2.05, 4.69) is 5.32 Å². The van der Waals surface area contributed by atoms with Crippen molar-refractivity contribution in [1.82, 2.24) is 14.5 Å². The maximum Gasteiger partial charge on any atom is 0.414 e. The number of carbonyl (C=O) groups is 3. The first-order valence-corrected chi connectivity index (χ1v) is 13.7. The van der Waals surface area contributed by atoms with Crippen LogP contribution >= 0.6 is 11.8 Å². The molecule has 1 heterocycles. The van der Waals surface area contributed by atoms with Gasteiger partial charge in [-0.15, -0.1) is 11.8 Å². The lowest BCUT2D eigenvalue weighted by atomic mass is 10.1. The number of aliphatic carboxylic acids is 1. The molecule has 0 spiro atoms. The normalized spacial score (nSPS) is 17.5. The fourth-order valence-electron chi connectivity index (χ4n) is 3.57. The molecule has 1 saturated heterocycles. The highest BCUT2D eigenvalue weighted by atomic mass is 32.2. The zero-order valence-electron chi connectivity index (χ0n) is 21.0. The number of carboxylic acids is 1. The molecule has 0 saturated carbocycles. The first-order valence-electron chi connectivity index (χ1n) is 11.3. The van der Waals surface area contributed by atoms with Crippen molar-refractivity contribution in [3.8, 4) is 5.75 Å². The number of benzene rings is 2. The molecule has 2 N–H and O–H groups in total. The van der Waals surface area contributed by atoms with E-state index in [9.17, 15) is 36.7 Å². The molecule has 3 rings (SSSR count). The Hall–Kier alpha value is -3.23. The Morgan fingerprint density at radius 3 is 2.29 bits per heavy atom. The van der Waals surface area contributed by atoms with Gasteiger partial charge in [0.2, 0.25) is 0 Å². The van der Waals surface area contributed by atoms with E-state index in [1.54, 1.807) is 13.8 Å². The highest BCUT2D eigenvalue weighted by Crippen LogP contribution is 2.31. The van der Waals surface area contributed by atoms with Crippen molar-refractivity contribution in [3.63, 3.8) is 0 Å². The summed E-state index contributed by atoms with van der Waals surface area (Å²) < 4.78 is 60.5. The van der Waals surface area contributed by atoms with E-state index in [-0.39, 0.29) is 9.87 Å². The van der Waals surface area contributed by atoms with Gasteiger partial charge in [0, 0.05) is 31.8 Å². The Balaban J connectivity index is 2.02. The van der Waals surface area contributed by atoms with Crippen molar-refractivity contribution in [2.45, 2.75) is 42.1 Å². The minimum Gasteiger partial charge on any atom is -0.480 e. The number of halogens is 2. The number of hydrogen-bond acceptors (Lipinski definition) is 8. The van der Waals surface area contributed by atoms with Crippen LogP contribution in [0.1, 0.15) is 19.4 Å². The molecule has 2 aromatic rings. The lowest BCUT2D eigenvalue weighted by molar-refractivity contribution is -0.146. The van der Waals surface area contributed by atoms with Gasteiger partial charge in [0.1, 0.15) is 17.2 Å². The lowest BCUT2D eigenvalue weighted by Crippen LogP contribution is -2.55. The molecular weight excluding hydrogens is 544 g/mol. The zero-order chi connectivity index (χ0) is 28.4. The van der Waals surface area contributed by atoms with Gasteiger partial charge in [-0.05, 0) is 55.8 Å². The monoisotopic (exact) mass is 571 g/mol. The van der Waals surface area contributed by atoms with E-state index in [4.69, 9.17) is 4.74 Å². The average Bonchev–Trinajstić information content (AvgIpc) is 3.19. The van der Waals surface area contributed by atoms with Crippen molar-refractivity contribution in [2.75, 3.05) is 19.8 Å². The molecule has 1 fully saturated rings. The van der Waals surface area contributed by atoms with E-state index in [1.165, 1.54) is 20.2 Å². The van der Waals surface area contributed by atoms with Crippen LogP contribution in [0.15, 0.2) is 47.4 Å². The molecule has 0 aliphatic carbocycles. The summed E-state index contributed by atoms with van der Waals surface area (Å²) in [6, 6.07) is 4.89. The summed E-state index contributed by atoms with van der Waals surface area (Å²) in [6.45, 7) is 3.60. The second-order valence-corrected chi connectivity index (χ2v) is 12.3. The van der Waals surface area contributed by atoms with Crippen LogP contribution in [-0.4, -0.2) is 77.5 Å². The van der Waals surface area contributed by atoms with E-state index in [1.807, 2.05) is 0 Å². The summed E-state index contributed by atoms with van der Waals surface area (Å²) >= 11 is 1.12. The van der Waals surface area contributed by atoms with E-state index in [0.29, 0.717) is 5.75 Å². The number of carbonyl (C=O) groups excluding carboxylic acids is 2. The maximum atomic E-state index is 14.7. The summed E-state index contributed by atoms with van der Waals surface area (Å²) in [4.78, 5) is 38.3. The van der Waals surface area contributed by atoms with Gasteiger partial charge in [-0.2, -0.15) is 0 Å². The number of thioether (sulfide) groups is 1.